The largest absolute Gasteiger partial charge is 0.488 e. The summed E-state index contributed by atoms with van der Waals surface area (Å²) in [6, 6.07) is 6.60. The predicted octanol–water partition coefficient (Wildman–Crippen LogP) is 3.85. The number of nitro benzene ring substituents is 1. The van der Waals surface area contributed by atoms with Gasteiger partial charge in [0.15, 0.2) is 0 Å². The average molecular weight is 272 g/mol. The number of pyridine rings is 1. The molecule has 0 unspecified atom stereocenters. The highest BCUT2D eigenvalue weighted by molar-refractivity contribution is 5.92. The van der Waals surface area contributed by atoms with Gasteiger partial charge in [-0.1, -0.05) is 6.42 Å². The smallest absolute Gasteiger partial charge is 0.279 e. The molecule has 1 aliphatic carbocycles. The van der Waals surface area contributed by atoms with Crippen LogP contribution in [0.15, 0.2) is 30.5 Å². The van der Waals surface area contributed by atoms with Crippen LogP contribution in [0.5, 0.6) is 5.75 Å². The fourth-order valence-electron chi connectivity index (χ4n) is 2.75. The molecule has 1 heterocycles. The Morgan fingerprint density at radius 2 is 2.00 bits per heavy atom. The first-order valence-corrected chi connectivity index (χ1v) is 6.94. The minimum atomic E-state index is -0.381. The van der Waals surface area contributed by atoms with Gasteiger partial charge < -0.3 is 4.74 Å². The third-order valence-electron chi connectivity index (χ3n) is 3.75. The van der Waals surface area contributed by atoms with Gasteiger partial charge in [0.2, 0.25) is 0 Å². The molecule has 104 valence electrons. The first kappa shape index (κ1) is 12.8. The maximum Gasteiger partial charge on any atom is 0.279 e. The quantitative estimate of drug-likeness (QED) is 0.628. The number of ether oxygens (including phenoxy) is 1. The topological polar surface area (TPSA) is 65.3 Å². The molecule has 0 spiro atoms. The first-order chi connectivity index (χ1) is 9.75. The Labute approximate surface area is 116 Å². The number of nitro groups is 1. The van der Waals surface area contributed by atoms with Gasteiger partial charge in [-0.25, -0.2) is 0 Å². The van der Waals surface area contributed by atoms with Crippen LogP contribution >= 0.6 is 0 Å². The molecular formula is C15H16N2O3. The van der Waals surface area contributed by atoms with Gasteiger partial charge >= 0.3 is 0 Å². The van der Waals surface area contributed by atoms with Crippen molar-refractivity contribution < 1.29 is 9.66 Å². The molecule has 0 N–H and O–H groups in total. The van der Waals surface area contributed by atoms with Crippen LogP contribution in [0.3, 0.4) is 0 Å². The summed E-state index contributed by atoms with van der Waals surface area (Å²) >= 11 is 0. The van der Waals surface area contributed by atoms with Crippen molar-refractivity contribution in [2.24, 2.45) is 0 Å². The fourth-order valence-corrected chi connectivity index (χ4v) is 2.75. The summed E-state index contributed by atoms with van der Waals surface area (Å²) in [5, 5.41) is 11.6. The van der Waals surface area contributed by atoms with Crippen molar-refractivity contribution >= 4 is 16.6 Å². The molecule has 0 radical (unpaired) electrons. The fraction of sp³-hybridized carbons (Fsp3) is 0.400. The maximum atomic E-state index is 11.1. The van der Waals surface area contributed by atoms with Crippen molar-refractivity contribution in [1.29, 1.82) is 0 Å². The molecule has 2 aromatic rings. The third-order valence-corrected chi connectivity index (χ3v) is 3.75. The van der Waals surface area contributed by atoms with Crippen LogP contribution in [0, 0.1) is 10.1 Å². The van der Waals surface area contributed by atoms with Crippen LogP contribution < -0.4 is 4.74 Å². The highest BCUT2D eigenvalue weighted by Crippen LogP contribution is 2.33. The summed E-state index contributed by atoms with van der Waals surface area (Å²) in [6.07, 6.45) is 7.57. The number of nitrogens with zero attached hydrogens (tertiary/aromatic N) is 2. The second-order valence-corrected chi connectivity index (χ2v) is 5.12. The lowest BCUT2D eigenvalue weighted by Gasteiger charge is -2.23. The summed E-state index contributed by atoms with van der Waals surface area (Å²) in [5.41, 5.74) is 0.649. The zero-order chi connectivity index (χ0) is 13.9. The summed E-state index contributed by atoms with van der Waals surface area (Å²) in [7, 11) is 0. The van der Waals surface area contributed by atoms with Crippen LogP contribution in [0.4, 0.5) is 5.69 Å². The van der Waals surface area contributed by atoms with Crippen LogP contribution in [0.25, 0.3) is 10.9 Å². The Morgan fingerprint density at radius 1 is 1.20 bits per heavy atom. The van der Waals surface area contributed by atoms with Crippen LogP contribution in [-0.2, 0) is 0 Å². The number of fused-ring (bicyclic) bond motifs is 1. The van der Waals surface area contributed by atoms with E-state index in [1.54, 1.807) is 24.4 Å². The van der Waals surface area contributed by atoms with Crippen molar-refractivity contribution in [3.63, 3.8) is 0 Å². The van der Waals surface area contributed by atoms with Crippen molar-refractivity contribution in [2.45, 2.75) is 38.2 Å². The first-order valence-electron chi connectivity index (χ1n) is 6.94. The Hall–Kier alpha value is -2.17. The second kappa shape index (κ2) is 5.45. The lowest BCUT2D eigenvalue weighted by molar-refractivity contribution is -0.383. The number of rotatable bonds is 3. The SMILES string of the molecule is O=[N+]([O-])c1ccc(OC2CCCCC2)c2ncccc12. The molecule has 0 atom stereocenters. The van der Waals surface area contributed by atoms with Crippen molar-refractivity contribution in [3.8, 4) is 5.75 Å². The van der Waals surface area contributed by atoms with Gasteiger partial charge in [-0.2, -0.15) is 0 Å². The van der Waals surface area contributed by atoms with Gasteiger partial charge in [0.25, 0.3) is 5.69 Å². The van der Waals surface area contributed by atoms with Crippen LogP contribution in [0.1, 0.15) is 32.1 Å². The highest BCUT2D eigenvalue weighted by Gasteiger charge is 2.19. The van der Waals surface area contributed by atoms with E-state index in [2.05, 4.69) is 4.98 Å². The Kier molecular flexibility index (Phi) is 3.50. The van der Waals surface area contributed by atoms with Gasteiger partial charge in [-0.3, -0.25) is 15.1 Å². The summed E-state index contributed by atoms with van der Waals surface area (Å²) in [4.78, 5) is 14.9. The van der Waals surface area contributed by atoms with E-state index in [1.165, 1.54) is 25.3 Å². The average Bonchev–Trinajstić information content (AvgIpc) is 2.48. The van der Waals surface area contributed by atoms with Crippen molar-refractivity contribution in [3.05, 3.63) is 40.6 Å². The minimum Gasteiger partial charge on any atom is -0.488 e. The zero-order valence-electron chi connectivity index (χ0n) is 11.1. The van der Waals surface area contributed by atoms with E-state index < -0.39 is 0 Å². The molecule has 1 fully saturated rings. The van der Waals surface area contributed by atoms with Crippen molar-refractivity contribution in [2.75, 3.05) is 0 Å². The van der Waals surface area contributed by atoms with Gasteiger partial charge in [-0.05, 0) is 43.9 Å². The third kappa shape index (κ3) is 2.43. The van der Waals surface area contributed by atoms with Crippen LogP contribution in [0.2, 0.25) is 0 Å². The Morgan fingerprint density at radius 3 is 2.75 bits per heavy atom. The van der Waals surface area contributed by atoms with E-state index in [0.717, 1.165) is 12.8 Å². The molecule has 0 saturated heterocycles. The minimum absolute atomic E-state index is 0.0732. The number of aromatic nitrogens is 1. The van der Waals surface area contributed by atoms with E-state index in [0.29, 0.717) is 16.7 Å². The van der Waals surface area contributed by atoms with E-state index in [4.69, 9.17) is 4.74 Å². The number of non-ortho nitro benzene ring substituents is 1. The molecule has 3 rings (SSSR count). The zero-order valence-corrected chi connectivity index (χ0v) is 11.1. The second-order valence-electron chi connectivity index (χ2n) is 5.12. The van der Waals surface area contributed by atoms with Crippen LogP contribution in [-0.4, -0.2) is 16.0 Å². The molecule has 1 aromatic carbocycles. The molecule has 0 bridgehead atoms. The standard InChI is InChI=1S/C15H16N2O3/c18-17(19)13-8-9-14(15-12(13)7-4-10-16-15)20-11-5-2-1-3-6-11/h4,7-11H,1-3,5-6H2. The molecule has 1 saturated carbocycles. The molecular weight excluding hydrogens is 256 g/mol. The Balaban J connectivity index is 1.99. The Bertz CT molecular complexity index is 636. The van der Waals surface area contributed by atoms with E-state index in [-0.39, 0.29) is 16.7 Å². The summed E-state index contributed by atoms with van der Waals surface area (Å²) in [6.45, 7) is 0. The van der Waals surface area contributed by atoms with E-state index in [1.807, 2.05) is 0 Å². The predicted molar refractivity (Wildman–Crippen MR) is 75.9 cm³/mol. The van der Waals surface area contributed by atoms with Crippen molar-refractivity contribution in [1.82, 2.24) is 4.98 Å². The van der Waals surface area contributed by atoms with Gasteiger partial charge in [0.1, 0.15) is 11.3 Å². The monoisotopic (exact) mass is 272 g/mol. The molecule has 0 amide bonds. The molecule has 0 aliphatic heterocycles. The number of hydrogen-bond donors (Lipinski definition) is 0. The highest BCUT2D eigenvalue weighted by atomic mass is 16.6. The lowest BCUT2D eigenvalue weighted by Crippen LogP contribution is -2.19. The molecule has 5 nitrogen and oxygen atoms in total. The summed E-state index contributed by atoms with van der Waals surface area (Å²) < 4.78 is 6.02. The number of benzene rings is 1. The molecule has 1 aliphatic rings. The number of hydrogen-bond acceptors (Lipinski definition) is 4. The maximum absolute atomic E-state index is 11.1. The van der Waals surface area contributed by atoms with E-state index >= 15 is 0 Å². The van der Waals surface area contributed by atoms with Gasteiger partial charge in [0.05, 0.1) is 16.4 Å². The van der Waals surface area contributed by atoms with Gasteiger partial charge in [-0.15, -0.1) is 0 Å². The summed E-state index contributed by atoms with van der Waals surface area (Å²) in [5.74, 6) is 0.651. The van der Waals surface area contributed by atoms with Gasteiger partial charge in [0, 0.05) is 12.3 Å². The normalized spacial score (nSPS) is 16.2. The molecule has 1 aromatic heterocycles. The lowest BCUT2D eigenvalue weighted by atomic mass is 9.98. The molecule has 20 heavy (non-hydrogen) atoms. The van der Waals surface area contributed by atoms with E-state index in [9.17, 15) is 10.1 Å². The molecule has 5 heteroatoms.